The van der Waals surface area contributed by atoms with Crippen LogP contribution in [0.3, 0.4) is 0 Å². The van der Waals surface area contributed by atoms with Crippen LogP contribution in [-0.4, -0.2) is 57.3 Å². The van der Waals surface area contributed by atoms with Crippen LogP contribution in [0.1, 0.15) is 36.1 Å². The Balaban J connectivity index is 1.52. The Hall–Kier alpha value is -2.27. The average Bonchev–Trinajstić information content (AvgIpc) is 3.50. The summed E-state index contributed by atoms with van der Waals surface area (Å²) in [6.45, 7) is 3.14. The molecule has 34 heavy (non-hydrogen) atoms. The Bertz CT molecular complexity index is 1120. The Labute approximate surface area is 205 Å². The highest BCUT2D eigenvalue weighted by Gasteiger charge is 2.44. The smallest absolute Gasteiger partial charge is 0.308 e. The molecule has 2 aromatic heterocycles. The van der Waals surface area contributed by atoms with E-state index < -0.39 is 36.5 Å². The molecule has 0 aliphatic carbocycles. The maximum Gasteiger partial charge on any atom is 0.308 e. The van der Waals surface area contributed by atoms with Gasteiger partial charge in [-0.3, -0.25) is 4.79 Å². The molecule has 4 rings (SSSR count). The minimum atomic E-state index is -1.48. The van der Waals surface area contributed by atoms with Crippen molar-refractivity contribution >= 4 is 28.9 Å². The number of esters is 1. The van der Waals surface area contributed by atoms with E-state index in [1.165, 1.54) is 11.3 Å². The third kappa shape index (κ3) is 5.35. The SMILES string of the molecule is CC(C)C(=O)OC[C@H]1O[C@@H](c2ccc(Cl)c(Cc3ncc(-c4ccco4)s3)c2)[C@H](O)[C@H](O)[C@H]1O. The van der Waals surface area contributed by atoms with Crippen molar-refractivity contribution < 1.29 is 34.0 Å². The van der Waals surface area contributed by atoms with Gasteiger partial charge in [0.15, 0.2) is 0 Å². The molecule has 3 N–H and O–H groups in total. The summed E-state index contributed by atoms with van der Waals surface area (Å²) >= 11 is 7.91. The third-order valence-corrected chi connectivity index (χ3v) is 7.01. The number of thiazole rings is 1. The van der Waals surface area contributed by atoms with Crippen molar-refractivity contribution in [3.63, 3.8) is 0 Å². The molecule has 1 aromatic carbocycles. The van der Waals surface area contributed by atoms with Gasteiger partial charge in [-0.2, -0.15) is 0 Å². The minimum Gasteiger partial charge on any atom is -0.463 e. The third-order valence-electron chi connectivity index (χ3n) is 5.63. The maximum absolute atomic E-state index is 11.8. The van der Waals surface area contributed by atoms with Crippen LogP contribution in [0.4, 0.5) is 0 Å². The number of halogens is 1. The largest absolute Gasteiger partial charge is 0.463 e. The van der Waals surface area contributed by atoms with Crippen LogP contribution in [-0.2, 0) is 20.7 Å². The fourth-order valence-corrected chi connectivity index (χ4v) is 4.78. The predicted molar refractivity (Wildman–Crippen MR) is 126 cm³/mol. The second-order valence-corrected chi connectivity index (χ2v) is 10.00. The van der Waals surface area contributed by atoms with Gasteiger partial charge >= 0.3 is 5.97 Å². The molecule has 3 aromatic rings. The van der Waals surface area contributed by atoms with Gasteiger partial charge in [0.25, 0.3) is 0 Å². The number of carbonyl (C=O) groups excluding carboxylic acids is 1. The van der Waals surface area contributed by atoms with Crippen molar-refractivity contribution in [2.75, 3.05) is 6.61 Å². The molecule has 0 bridgehead atoms. The van der Waals surface area contributed by atoms with Crippen LogP contribution in [0.5, 0.6) is 0 Å². The van der Waals surface area contributed by atoms with Crippen LogP contribution in [0.2, 0.25) is 5.02 Å². The first-order valence-electron chi connectivity index (χ1n) is 10.9. The summed E-state index contributed by atoms with van der Waals surface area (Å²) in [5.74, 6) is -0.0526. The van der Waals surface area contributed by atoms with Gasteiger partial charge in [0, 0.05) is 17.6 Å². The quantitative estimate of drug-likeness (QED) is 0.416. The molecule has 182 valence electrons. The lowest BCUT2D eigenvalue weighted by Crippen LogP contribution is -2.55. The second-order valence-electron chi connectivity index (χ2n) is 8.47. The summed E-state index contributed by atoms with van der Waals surface area (Å²) in [5.41, 5.74) is 1.33. The summed E-state index contributed by atoms with van der Waals surface area (Å²) in [6, 6.07) is 8.84. The van der Waals surface area contributed by atoms with E-state index in [1.54, 1.807) is 44.5 Å². The van der Waals surface area contributed by atoms with Crippen LogP contribution in [0, 0.1) is 5.92 Å². The highest BCUT2D eigenvalue weighted by Crippen LogP contribution is 2.35. The molecule has 0 radical (unpaired) electrons. The van der Waals surface area contributed by atoms with Crippen molar-refractivity contribution in [3.8, 4) is 10.6 Å². The van der Waals surface area contributed by atoms with E-state index in [4.69, 9.17) is 25.5 Å². The molecule has 10 heteroatoms. The summed E-state index contributed by atoms with van der Waals surface area (Å²) in [4.78, 5) is 17.2. The number of benzene rings is 1. The number of rotatable bonds is 7. The Morgan fingerprint density at radius 2 is 2.00 bits per heavy atom. The number of carbonyl (C=O) groups is 1. The van der Waals surface area contributed by atoms with Crippen LogP contribution >= 0.6 is 22.9 Å². The molecular formula is C24H26ClNO7S. The second kappa shape index (κ2) is 10.6. The molecule has 0 amide bonds. The van der Waals surface area contributed by atoms with E-state index in [2.05, 4.69) is 4.98 Å². The van der Waals surface area contributed by atoms with Crippen molar-refractivity contribution in [1.29, 1.82) is 0 Å². The molecule has 3 heterocycles. The van der Waals surface area contributed by atoms with Gasteiger partial charge in [0.2, 0.25) is 0 Å². The number of ether oxygens (including phenoxy) is 2. The van der Waals surface area contributed by atoms with E-state index in [1.807, 2.05) is 12.1 Å². The zero-order valence-corrected chi connectivity index (χ0v) is 20.2. The predicted octanol–water partition coefficient (Wildman–Crippen LogP) is 3.37. The monoisotopic (exact) mass is 507 g/mol. The van der Waals surface area contributed by atoms with Gasteiger partial charge in [-0.1, -0.05) is 37.6 Å². The van der Waals surface area contributed by atoms with E-state index in [9.17, 15) is 20.1 Å². The zero-order valence-electron chi connectivity index (χ0n) is 18.6. The molecular weight excluding hydrogens is 482 g/mol. The Morgan fingerprint density at radius 1 is 1.21 bits per heavy atom. The Morgan fingerprint density at radius 3 is 2.71 bits per heavy atom. The normalized spacial score (nSPS) is 25.0. The maximum atomic E-state index is 11.8. The Kier molecular flexibility index (Phi) is 7.71. The van der Waals surface area contributed by atoms with Gasteiger partial charge in [-0.15, -0.1) is 11.3 Å². The van der Waals surface area contributed by atoms with Crippen molar-refractivity contribution in [3.05, 3.63) is 63.9 Å². The average molecular weight is 508 g/mol. The summed E-state index contributed by atoms with van der Waals surface area (Å²) < 4.78 is 16.5. The number of aliphatic hydroxyl groups is 3. The number of nitrogens with zero attached hydrogens (tertiary/aromatic N) is 1. The molecule has 0 unspecified atom stereocenters. The van der Waals surface area contributed by atoms with Gasteiger partial charge in [-0.25, -0.2) is 4.98 Å². The molecule has 0 saturated carbocycles. The molecule has 1 aliphatic heterocycles. The van der Waals surface area contributed by atoms with Gasteiger partial charge in [-0.05, 0) is 29.3 Å². The first-order valence-corrected chi connectivity index (χ1v) is 12.1. The van der Waals surface area contributed by atoms with E-state index in [0.717, 1.165) is 21.2 Å². The summed E-state index contributed by atoms with van der Waals surface area (Å²) in [5, 5.41) is 32.7. The lowest BCUT2D eigenvalue weighted by molar-refractivity contribution is -0.234. The number of aromatic nitrogens is 1. The highest BCUT2D eigenvalue weighted by atomic mass is 35.5. The number of aliphatic hydroxyl groups excluding tert-OH is 3. The standard InChI is InChI=1S/C24H26ClNO7S/c1-12(2)24(30)32-11-17-20(27)21(28)22(29)23(33-17)13-5-6-15(25)14(8-13)9-19-26-10-18(34-19)16-4-3-7-31-16/h3-8,10,12,17,20-23,27-29H,9,11H2,1-2H3/t17-,20+,21-,22-,23+/m1/s1. The van der Waals surface area contributed by atoms with Crippen molar-refractivity contribution in [1.82, 2.24) is 4.98 Å². The first kappa shape index (κ1) is 24.8. The number of hydrogen-bond acceptors (Lipinski definition) is 9. The summed E-state index contributed by atoms with van der Waals surface area (Å²) in [7, 11) is 0. The molecule has 1 aliphatic rings. The van der Waals surface area contributed by atoms with E-state index in [-0.39, 0.29) is 12.5 Å². The lowest BCUT2D eigenvalue weighted by atomic mass is 9.90. The lowest BCUT2D eigenvalue weighted by Gasteiger charge is -2.40. The molecule has 1 fully saturated rings. The van der Waals surface area contributed by atoms with Gasteiger partial charge in [0.1, 0.15) is 42.9 Å². The number of furan rings is 1. The zero-order chi connectivity index (χ0) is 24.4. The fraction of sp³-hybridized carbons (Fsp3) is 0.417. The molecule has 0 spiro atoms. The number of hydrogen-bond donors (Lipinski definition) is 3. The fourth-order valence-electron chi connectivity index (χ4n) is 3.69. The minimum absolute atomic E-state index is 0.242. The molecule has 1 saturated heterocycles. The van der Waals surface area contributed by atoms with Gasteiger partial charge < -0.3 is 29.2 Å². The van der Waals surface area contributed by atoms with Crippen molar-refractivity contribution in [2.45, 2.75) is 50.8 Å². The molecule has 8 nitrogen and oxygen atoms in total. The summed E-state index contributed by atoms with van der Waals surface area (Å²) in [6.07, 6.45) is -2.43. The van der Waals surface area contributed by atoms with Crippen LogP contribution in [0.25, 0.3) is 10.6 Å². The topological polar surface area (TPSA) is 122 Å². The van der Waals surface area contributed by atoms with E-state index in [0.29, 0.717) is 17.0 Å². The van der Waals surface area contributed by atoms with Crippen LogP contribution < -0.4 is 0 Å². The van der Waals surface area contributed by atoms with Crippen molar-refractivity contribution in [2.24, 2.45) is 5.92 Å². The van der Waals surface area contributed by atoms with E-state index >= 15 is 0 Å². The van der Waals surface area contributed by atoms with Gasteiger partial charge in [0.05, 0.1) is 22.1 Å². The van der Waals surface area contributed by atoms with Crippen LogP contribution in [0.15, 0.2) is 47.2 Å². The highest BCUT2D eigenvalue weighted by molar-refractivity contribution is 7.15. The molecule has 5 atom stereocenters. The first-order chi connectivity index (χ1) is 16.2.